The lowest BCUT2D eigenvalue weighted by Crippen LogP contribution is -2.58. The zero-order valence-electron chi connectivity index (χ0n) is 25.3. The van der Waals surface area contributed by atoms with Crippen molar-refractivity contribution in [2.75, 3.05) is 4.90 Å². The molecule has 1 aliphatic heterocycles. The lowest BCUT2D eigenvalue weighted by molar-refractivity contribution is -0.145. The number of amides is 1. The monoisotopic (exact) mass is 636 g/mol. The lowest BCUT2D eigenvalue weighted by Gasteiger charge is -2.49. The van der Waals surface area contributed by atoms with Crippen LogP contribution >= 0.6 is 0 Å². The largest absolute Gasteiger partial charge is 0.416 e. The van der Waals surface area contributed by atoms with Gasteiger partial charge in [0.25, 0.3) is 0 Å². The number of aromatic amines is 1. The smallest absolute Gasteiger partial charge is 0.336 e. The van der Waals surface area contributed by atoms with Gasteiger partial charge in [-0.3, -0.25) is 9.89 Å². The molecule has 2 fully saturated rings. The number of halogens is 6. The first-order valence-corrected chi connectivity index (χ1v) is 15.6. The molecule has 1 unspecified atom stereocenters. The van der Waals surface area contributed by atoms with E-state index < -0.39 is 23.5 Å². The summed E-state index contributed by atoms with van der Waals surface area (Å²) in [6, 6.07) is 1.06. The summed E-state index contributed by atoms with van der Waals surface area (Å²) < 4.78 is 82.5. The highest BCUT2D eigenvalue weighted by Gasteiger charge is 2.42. The van der Waals surface area contributed by atoms with Crippen molar-refractivity contribution < 1.29 is 31.1 Å². The second kappa shape index (κ2) is 13.4. The summed E-state index contributed by atoms with van der Waals surface area (Å²) in [6.07, 6.45) is 3.67. The molecule has 0 spiro atoms. The van der Waals surface area contributed by atoms with Crippen molar-refractivity contribution in [2.45, 2.75) is 109 Å². The molecule has 1 saturated heterocycles. The second-order valence-electron chi connectivity index (χ2n) is 12.1. The summed E-state index contributed by atoms with van der Waals surface area (Å²) >= 11 is 0. The topological polar surface area (TPSA) is 78.0 Å². The van der Waals surface area contributed by atoms with Gasteiger partial charge in [-0.15, -0.1) is 0 Å². The van der Waals surface area contributed by atoms with E-state index in [4.69, 9.17) is 0 Å². The van der Waals surface area contributed by atoms with E-state index in [0.717, 1.165) is 49.8 Å². The van der Waals surface area contributed by atoms with Gasteiger partial charge in [-0.1, -0.05) is 33.1 Å². The van der Waals surface area contributed by atoms with E-state index in [0.29, 0.717) is 31.2 Å². The third-order valence-electron chi connectivity index (χ3n) is 9.19. The van der Waals surface area contributed by atoms with Crippen molar-refractivity contribution in [3.8, 4) is 11.1 Å². The molecular weight excluding hydrogens is 598 g/mol. The molecule has 1 aliphatic carbocycles. The zero-order valence-corrected chi connectivity index (χ0v) is 25.3. The Bertz CT molecular complexity index is 1370. The fraction of sp³-hybridized carbons (Fsp3) is 0.562. The van der Waals surface area contributed by atoms with Crippen LogP contribution in [0.25, 0.3) is 11.1 Å². The molecule has 5 rings (SSSR count). The van der Waals surface area contributed by atoms with E-state index in [1.165, 1.54) is 0 Å². The first kappa shape index (κ1) is 32.7. The van der Waals surface area contributed by atoms with Gasteiger partial charge in [0.15, 0.2) is 0 Å². The van der Waals surface area contributed by atoms with Gasteiger partial charge < -0.3 is 9.80 Å². The van der Waals surface area contributed by atoms with Gasteiger partial charge in [-0.25, -0.2) is 9.97 Å². The van der Waals surface area contributed by atoms with Crippen molar-refractivity contribution in [3.05, 3.63) is 59.7 Å². The minimum atomic E-state index is -4.96. The number of rotatable bonds is 8. The maximum Gasteiger partial charge on any atom is 0.416 e. The van der Waals surface area contributed by atoms with E-state index in [1.54, 1.807) is 29.7 Å². The molecular formula is C32H38F6N6O. The molecule has 45 heavy (non-hydrogen) atoms. The van der Waals surface area contributed by atoms with Gasteiger partial charge in [0.1, 0.15) is 0 Å². The molecule has 3 atom stereocenters. The standard InChI is InChI=1S/C32H38F6N6O/c1-3-26-13-28(14-27(4-2)44(26)29(45)21-8-6-5-7-9-21)43(30-39-15-22(16-40-30)23-17-41-42-18-23)19-20-10-24(31(33,34)35)12-25(11-20)32(36,37)38/h10-12,15-18,21,26-28H,3-9,13-14,19H2,1-2H3,(H,41,42)/t26-,27+,28?. The zero-order chi connectivity index (χ0) is 32.4. The molecule has 244 valence electrons. The molecule has 0 bridgehead atoms. The second-order valence-corrected chi connectivity index (χ2v) is 12.1. The van der Waals surface area contributed by atoms with E-state index in [9.17, 15) is 31.1 Å². The summed E-state index contributed by atoms with van der Waals surface area (Å²) in [7, 11) is 0. The third-order valence-corrected chi connectivity index (χ3v) is 9.19. The molecule has 1 aromatic carbocycles. The van der Waals surface area contributed by atoms with Gasteiger partial charge in [0, 0.05) is 60.3 Å². The highest BCUT2D eigenvalue weighted by molar-refractivity contribution is 5.80. The lowest BCUT2D eigenvalue weighted by atomic mass is 9.83. The van der Waals surface area contributed by atoms with Gasteiger partial charge >= 0.3 is 12.4 Å². The van der Waals surface area contributed by atoms with Gasteiger partial charge in [-0.2, -0.15) is 31.4 Å². The van der Waals surface area contributed by atoms with Gasteiger partial charge in [0.2, 0.25) is 11.9 Å². The van der Waals surface area contributed by atoms with Gasteiger partial charge in [0.05, 0.1) is 17.3 Å². The number of piperidine rings is 1. The minimum Gasteiger partial charge on any atom is -0.336 e. The molecule has 1 N–H and O–H groups in total. The molecule has 0 radical (unpaired) electrons. The number of carbonyl (C=O) groups is 1. The maximum absolute atomic E-state index is 13.8. The molecule has 1 saturated carbocycles. The molecule has 13 heteroatoms. The van der Waals surface area contributed by atoms with Crippen LogP contribution in [0.1, 0.15) is 88.3 Å². The fourth-order valence-corrected chi connectivity index (χ4v) is 6.85. The van der Waals surface area contributed by atoms with Crippen molar-refractivity contribution in [1.82, 2.24) is 25.1 Å². The van der Waals surface area contributed by atoms with Gasteiger partial charge in [-0.05, 0) is 62.3 Å². The number of likely N-dealkylation sites (tertiary alicyclic amines) is 1. The maximum atomic E-state index is 13.8. The molecule has 3 heterocycles. The molecule has 3 aromatic rings. The van der Waals surface area contributed by atoms with Crippen LogP contribution in [0.15, 0.2) is 43.0 Å². The summed E-state index contributed by atoms with van der Waals surface area (Å²) in [4.78, 5) is 26.6. The summed E-state index contributed by atoms with van der Waals surface area (Å²) in [5, 5.41) is 6.64. The highest BCUT2D eigenvalue weighted by atomic mass is 19.4. The van der Waals surface area contributed by atoms with Crippen LogP contribution in [0.5, 0.6) is 0 Å². The SMILES string of the molecule is CC[C@@H]1CC(N(Cc2cc(C(F)(F)F)cc(C(F)(F)F)c2)c2ncc(-c3cn[nH]c3)cn2)C[C@H](CC)N1C(=O)C1CCCCC1. The number of aromatic nitrogens is 4. The Labute approximate surface area is 258 Å². The Morgan fingerprint density at radius 2 is 1.44 bits per heavy atom. The number of carbonyl (C=O) groups excluding carboxylic acids is 1. The number of alkyl halides is 6. The van der Waals surface area contributed by atoms with E-state index in [2.05, 4.69) is 20.2 Å². The number of benzene rings is 1. The number of H-pyrrole nitrogens is 1. The van der Waals surface area contributed by atoms with Crippen LogP contribution in [-0.2, 0) is 23.7 Å². The predicted octanol–water partition coefficient (Wildman–Crippen LogP) is 8.04. The Kier molecular flexibility index (Phi) is 9.74. The van der Waals surface area contributed by atoms with Crippen LogP contribution in [0.4, 0.5) is 32.3 Å². The van der Waals surface area contributed by atoms with E-state index in [-0.39, 0.29) is 54.1 Å². The van der Waals surface area contributed by atoms with Crippen molar-refractivity contribution in [3.63, 3.8) is 0 Å². The summed E-state index contributed by atoms with van der Waals surface area (Å²) in [5.41, 5.74) is -1.51. The Hall–Kier alpha value is -3.64. The molecule has 2 aliphatic rings. The van der Waals surface area contributed by atoms with Crippen molar-refractivity contribution in [2.24, 2.45) is 5.92 Å². The molecule has 2 aromatic heterocycles. The summed E-state index contributed by atoms with van der Waals surface area (Å²) in [5.74, 6) is 0.334. The number of hydrogen-bond donors (Lipinski definition) is 1. The van der Waals surface area contributed by atoms with Crippen LogP contribution in [-0.4, -0.2) is 49.1 Å². The number of nitrogens with one attached hydrogen (secondary N) is 1. The fourth-order valence-electron chi connectivity index (χ4n) is 6.85. The van der Waals surface area contributed by atoms with Crippen LogP contribution in [0, 0.1) is 5.92 Å². The van der Waals surface area contributed by atoms with E-state index in [1.807, 2.05) is 18.7 Å². The quantitative estimate of drug-likeness (QED) is 0.253. The van der Waals surface area contributed by atoms with Crippen LogP contribution in [0.2, 0.25) is 0 Å². The average molecular weight is 637 g/mol. The van der Waals surface area contributed by atoms with Crippen LogP contribution in [0.3, 0.4) is 0 Å². The number of hydrogen-bond acceptors (Lipinski definition) is 5. The molecule has 7 nitrogen and oxygen atoms in total. The number of nitrogens with zero attached hydrogens (tertiary/aromatic N) is 5. The number of anilines is 1. The highest BCUT2D eigenvalue weighted by Crippen LogP contribution is 2.39. The minimum absolute atomic E-state index is 0.0146. The Balaban J connectivity index is 1.52. The first-order valence-electron chi connectivity index (χ1n) is 15.6. The summed E-state index contributed by atoms with van der Waals surface area (Å²) in [6.45, 7) is 3.74. The normalized spacial score (nSPS) is 21.6. The predicted molar refractivity (Wildman–Crippen MR) is 157 cm³/mol. The average Bonchev–Trinajstić information content (AvgIpc) is 3.57. The Morgan fingerprint density at radius 3 is 1.93 bits per heavy atom. The van der Waals surface area contributed by atoms with Crippen molar-refractivity contribution in [1.29, 1.82) is 0 Å². The third kappa shape index (κ3) is 7.44. The molecule has 1 amide bonds. The Morgan fingerprint density at radius 1 is 0.867 bits per heavy atom. The first-order chi connectivity index (χ1) is 21.4. The van der Waals surface area contributed by atoms with Crippen LogP contribution < -0.4 is 4.90 Å². The van der Waals surface area contributed by atoms with E-state index >= 15 is 0 Å². The van der Waals surface area contributed by atoms with Crippen molar-refractivity contribution >= 4 is 11.9 Å².